The number of β-lactam (4-membered cyclic amide) rings is 1. The van der Waals surface area contributed by atoms with Crippen molar-refractivity contribution >= 4 is 11.9 Å². The first kappa shape index (κ1) is 29.1. The maximum absolute atomic E-state index is 13.2. The van der Waals surface area contributed by atoms with Crippen molar-refractivity contribution in [1.29, 1.82) is 0 Å². The zero-order valence-electron chi connectivity index (χ0n) is 23.0. The van der Waals surface area contributed by atoms with Gasteiger partial charge < -0.3 is 45.4 Å². The van der Waals surface area contributed by atoms with Crippen molar-refractivity contribution in [1.82, 2.24) is 5.32 Å². The molecule has 6 unspecified atom stereocenters. The number of carbonyl (C=O) groups is 2. The van der Waals surface area contributed by atoms with Gasteiger partial charge in [-0.05, 0) is 60.6 Å². The molecule has 3 aromatic rings. The molecule has 3 aromatic carbocycles. The van der Waals surface area contributed by atoms with E-state index in [1.807, 2.05) is 30.3 Å². The highest BCUT2D eigenvalue weighted by Gasteiger charge is 2.59. The topological polar surface area (TPSA) is 186 Å². The fraction of sp³-hybridized carbons (Fsp3) is 0.375. The number of rotatable bonds is 6. The quantitative estimate of drug-likeness (QED) is 0.209. The zero-order chi connectivity index (χ0) is 30.5. The highest BCUT2D eigenvalue weighted by molar-refractivity contribution is 5.91. The van der Waals surface area contributed by atoms with Crippen LogP contribution in [-0.4, -0.2) is 73.2 Å². The number of phenolic OH excluding ortho intramolecular Hbond substituents is 1. The van der Waals surface area contributed by atoms with Crippen LogP contribution in [0.2, 0.25) is 0 Å². The van der Waals surface area contributed by atoms with Crippen LogP contribution in [0.5, 0.6) is 11.5 Å². The number of carboxylic acids is 1. The van der Waals surface area contributed by atoms with Crippen LogP contribution in [-0.2, 0) is 19.9 Å². The monoisotopic (exact) mass is 591 g/mol. The largest absolute Gasteiger partial charge is 0.508 e. The van der Waals surface area contributed by atoms with E-state index in [2.05, 4.69) is 5.32 Å². The number of hydrogen-bond acceptors (Lipinski definition) is 9. The fourth-order valence-electron chi connectivity index (χ4n) is 6.52. The molecule has 1 aliphatic carbocycles. The van der Waals surface area contributed by atoms with E-state index in [1.165, 1.54) is 6.07 Å². The molecule has 6 rings (SSSR count). The molecule has 6 atom stereocenters. The second-order valence-corrected chi connectivity index (χ2v) is 11.6. The third-order valence-corrected chi connectivity index (χ3v) is 9.12. The van der Waals surface area contributed by atoms with Crippen LogP contribution >= 0.6 is 0 Å². The summed E-state index contributed by atoms with van der Waals surface area (Å²) in [4.78, 5) is 24.8. The number of phenols is 1. The van der Waals surface area contributed by atoms with E-state index in [0.717, 1.165) is 5.56 Å². The Morgan fingerprint density at radius 3 is 2.21 bits per heavy atom. The number of nitrogens with one attached hydrogen (secondary N) is 1. The van der Waals surface area contributed by atoms with Gasteiger partial charge in [0.1, 0.15) is 29.8 Å². The minimum Gasteiger partial charge on any atom is -0.508 e. The Bertz CT molecular complexity index is 1520. The van der Waals surface area contributed by atoms with Gasteiger partial charge in [-0.3, -0.25) is 4.79 Å². The lowest BCUT2D eigenvalue weighted by Crippen LogP contribution is -2.63. The summed E-state index contributed by atoms with van der Waals surface area (Å²) < 4.78 is 11.4. The van der Waals surface area contributed by atoms with E-state index in [9.17, 15) is 40.2 Å². The van der Waals surface area contributed by atoms with Gasteiger partial charge in [-0.25, -0.2) is 4.79 Å². The number of aliphatic hydroxyl groups is 4. The van der Waals surface area contributed by atoms with E-state index < -0.39 is 53.7 Å². The maximum atomic E-state index is 13.2. The predicted octanol–water partition coefficient (Wildman–Crippen LogP) is 1.95. The van der Waals surface area contributed by atoms with Crippen LogP contribution in [0.15, 0.2) is 72.8 Å². The highest BCUT2D eigenvalue weighted by atomic mass is 16.7. The molecule has 3 aliphatic rings. The lowest BCUT2D eigenvalue weighted by Gasteiger charge is -2.54. The molecule has 11 heteroatoms. The van der Waals surface area contributed by atoms with Crippen molar-refractivity contribution in [2.75, 3.05) is 0 Å². The SMILES string of the molecule is O=C(O)C1OC(Oc2cc(-c3cccc(O)c3)ccc2C2NC(=O)C23CCC(O)(c2ccccc2)CC3)C(O)C(O)C1O. The molecule has 7 N–H and O–H groups in total. The lowest BCUT2D eigenvalue weighted by molar-refractivity contribution is -0.271. The first-order chi connectivity index (χ1) is 20.5. The Balaban J connectivity index is 1.35. The van der Waals surface area contributed by atoms with Gasteiger partial charge in [0.15, 0.2) is 6.10 Å². The summed E-state index contributed by atoms with van der Waals surface area (Å²) in [6.07, 6.45) is -7.58. The number of amides is 1. The number of aromatic hydroxyl groups is 1. The number of carbonyl (C=O) groups excluding carboxylic acids is 1. The van der Waals surface area contributed by atoms with Crippen LogP contribution in [0.25, 0.3) is 11.1 Å². The van der Waals surface area contributed by atoms with Crippen molar-refractivity contribution in [3.63, 3.8) is 0 Å². The average molecular weight is 592 g/mol. The molecule has 3 fully saturated rings. The van der Waals surface area contributed by atoms with Gasteiger partial charge >= 0.3 is 5.97 Å². The Labute approximate surface area is 247 Å². The molecule has 1 saturated carbocycles. The van der Waals surface area contributed by atoms with Gasteiger partial charge in [-0.15, -0.1) is 0 Å². The lowest BCUT2D eigenvalue weighted by atomic mass is 9.58. The summed E-state index contributed by atoms with van der Waals surface area (Å²) in [6, 6.07) is 20.4. The van der Waals surface area contributed by atoms with Gasteiger partial charge in [0.05, 0.1) is 17.1 Å². The maximum Gasteiger partial charge on any atom is 0.335 e. The van der Waals surface area contributed by atoms with E-state index in [1.54, 1.807) is 36.4 Å². The smallest absolute Gasteiger partial charge is 0.335 e. The minimum absolute atomic E-state index is 0.0369. The summed E-state index contributed by atoms with van der Waals surface area (Å²) >= 11 is 0. The van der Waals surface area contributed by atoms with Crippen LogP contribution in [0.3, 0.4) is 0 Å². The Morgan fingerprint density at radius 2 is 1.56 bits per heavy atom. The molecule has 2 aliphatic heterocycles. The number of benzene rings is 3. The van der Waals surface area contributed by atoms with Crippen LogP contribution in [0.4, 0.5) is 0 Å². The van der Waals surface area contributed by atoms with Gasteiger partial charge in [0, 0.05) is 5.56 Å². The normalized spacial score (nSPS) is 33.8. The number of aliphatic hydroxyl groups excluding tert-OH is 3. The molecule has 226 valence electrons. The van der Waals surface area contributed by atoms with E-state index >= 15 is 0 Å². The Morgan fingerprint density at radius 1 is 0.860 bits per heavy atom. The molecular weight excluding hydrogens is 558 g/mol. The summed E-state index contributed by atoms with van der Waals surface area (Å²) in [7, 11) is 0. The first-order valence-corrected chi connectivity index (χ1v) is 14.1. The summed E-state index contributed by atoms with van der Waals surface area (Å²) in [5.41, 5.74) is 0.635. The van der Waals surface area contributed by atoms with E-state index in [-0.39, 0.29) is 17.4 Å². The number of ether oxygens (including phenoxy) is 2. The fourth-order valence-corrected chi connectivity index (χ4v) is 6.52. The molecular formula is C32H33NO10. The van der Waals surface area contributed by atoms with Gasteiger partial charge in [-0.2, -0.15) is 0 Å². The predicted molar refractivity (Wildman–Crippen MR) is 151 cm³/mol. The second-order valence-electron chi connectivity index (χ2n) is 11.6. The molecule has 11 nitrogen and oxygen atoms in total. The van der Waals surface area contributed by atoms with Gasteiger partial charge in [0.2, 0.25) is 12.2 Å². The van der Waals surface area contributed by atoms with Crippen molar-refractivity contribution < 1.29 is 49.7 Å². The number of aliphatic carboxylic acids is 1. The summed E-state index contributed by atoms with van der Waals surface area (Å²) in [6.45, 7) is 0. The van der Waals surface area contributed by atoms with Crippen LogP contribution in [0, 0.1) is 5.41 Å². The van der Waals surface area contributed by atoms with E-state index in [0.29, 0.717) is 42.4 Å². The van der Waals surface area contributed by atoms with E-state index in [4.69, 9.17) is 9.47 Å². The zero-order valence-corrected chi connectivity index (χ0v) is 23.0. The third kappa shape index (κ3) is 5.02. The van der Waals surface area contributed by atoms with Crippen molar-refractivity contribution in [3.8, 4) is 22.6 Å². The average Bonchev–Trinajstić information content (AvgIpc) is 3.01. The number of carboxylic acid groups (broad SMARTS) is 1. The molecule has 0 radical (unpaired) electrons. The molecule has 1 amide bonds. The van der Waals surface area contributed by atoms with Gasteiger partial charge in [-0.1, -0.05) is 54.6 Å². The third-order valence-electron chi connectivity index (χ3n) is 9.12. The Hall–Kier alpha value is -4.00. The van der Waals surface area contributed by atoms with Crippen LogP contribution in [0.1, 0.15) is 42.9 Å². The first-order valence-electron chi connectivity index (χ1n) is 14.1. The second kappa shape index (κ2) is 10.9. The highest BCUT2D eigenvalue weighted by Crippen LogP contribution is 2.57. The minimum atomic E-state index is -1.88. The number of hydrogen-bond donors (Lipinski definition) is 7. The van der Waals surface area contributed by atoms with Crippen LogP contribution < -0.4 is 10.1 Å². The molecule has 0 aromatic heterocycles. The Kier molecular flexibility index (Phi) is 7.39. The molecule has 2 heterocycles. The standard InChI is InChI=1S/C32H33NO10/c34-20-8-4-5-17(15-20)18-9-10-21(22(16-18)42-29-25(37)23(35)24(36)26(43-29)28(38)39)27-31(30(40)33-27)11-13-32(41,14-12-31)19-6-2-1-3-7-19/h1-10,15-16,23-27,29,34-37,41H,11-14H2,(H,33,40)(H,38,39). The molecule has 1 spiro atoms. The molecule has 2 saturated heterocycles. The van der Waals surface area contributed by atoms with Crippen molar-refractivity contribution in [2.45, 2.75) is 68.0 Å². The van der Waals surface area contributed by atoms with Crippen molar-refractivity contribution in [3.05, 3.63) is 83.9 Å². The van der Waals surface area contributed by atoms with Crippen molar-refractivity contribution in [2.24, 2.45) is 5.41 Å². The summed E-state index contributed by atoms with van der Waals surface area (Å²) in [5.74, 6) is -1.52. The molecule has 43 heavy (non-hydrogen) atoms. The molecule has 0 bridgehead atoms. The summed E-state index contributed by atoms with van der Waals surface area (Å²) in [5, 5.41) is 65.1. The van der Waals surface area contributed by atoms with Gasteiger partial charge in [0.25, 0.3) is 0 Å².